The van der Waals surface area contributed by atoms with Crippen LogP contribution in [0.25, 0.3) is 11.4 Å². The molecule has 0 radical (unpaired) electrons. The molecule has 162 valence electrons. The zero-order chi connectivity index (χ0) is 22.4. The summed E-state index contributed by atoms with van der Waals surface area (Å²) < 4.78 is 34.7. The first-order chi connectivity index (χ1) is 14.9. The summed E-state index contributed by atoms with van der Waals surface area (Å²) in [6.07, 6.45) is 0. The van der Waals surface area contributed by atoms with E-state index in [0.29, 0.717) is 11.3 Å². The lowest BCUT2D eigenvalue weighted by molar-refractivity contribution is -0.113. The van der Waals surface area contributed by atoms with Crippen LogP contribution < -0.4 is 15.9 Å². The Morgan fingerprint density at radius 3 is 2.55 bits per heavy atom. The normalized spacial score (nSPS) is 10.7. The van der Waals surface area contributed by atoms with Crippen molar-refractivity contribution in [2.75, 3.05) is 24.0 Å². The molecular formula is C19H17F2N5O4S. The Morgan fingerprint density at radius 2 is 1.87 bits per heavy atom. The number of nitrogen functional groups attached to an aromatic ring is 1. The number of hydrogen-bond donors (Lipinski definition) is 2. The molecule has 0 saturated carbocycles. The van der Waals surface area contributed by atoms with Crippen molar-refractivity contribution >= 4 is 29.3 Å². The van der Waals surface area contributed by atoms with E-state index in [1.165, 1.54) is 42.1 Å². The lowest BCUT2D eigenvalue weighted by atomic mass is 10.2. The highest BCUT2D eigenvalue weighted by Crippen LogP contribution is 2.24. The molecule has 12 heteroatoms. The molecule has 1 heterocycles. The molecule has 0 saturated heterocycles. The summed E-state index contributed by atoms with van der Waals surface area (Å²) in [5.74, 6) is 5.27. The molecule has 31 heavy (non-hydrogen) atoms. The van der Waals surface area contributed by atoms with Crippen LogP contribution in [0.3, 0.4) is 0 Å². The Bertz CT molecular complexity index is 1080. The minimum atomic E-state index is -2.92. The zero-order valence-electron chi connectivity index (χ0n) is 16.1. The van der Waals surface area contributed by atoms with E-state index in [4.69, 9.17) is 10.6 Å². The molecule has 0 spiro atoms. The van der Waals surface area contributed by atoms with Gasteiger partial charge in [0, 0.05) is 5.56 Å². The fourth-order valence-corrected chi connectivity index (χ4v) is 3.21. The number of aromatic nitrogens is 3. The molecule has 0 atom stereocenters. The average Bonchev–Trinajstić information content (AvgIpc) is 3.12. The van der Waals surface area contributed by atoms with Gasteiger partial charge in [-0.3, -0.25) is 4.79 Å². The number of benzene rings is 2. The number of rotatable bonds is 8. The monoisotopic (exact) mass is 449 g/mol. The smallest absolute Gasteiger partial charge is 0.387 e. The minimum Gasteiger partial charge on any atom is -0.465 e. The van der Waals surface area contributed by atoms with Gasteiger partial charge < -0.3 is 20.6 Å². The van der Waals surface area contributed by atoms with Crippen molar-refractivity contribution in [2.45, 2.75) is 11.8 Å². The van der Waals surface area contributed by atoms with Crippen molar-refractivity contribution < 1.29 is 27.8 Å². The molecule has 3 rings (SSSR count). The molecule has 0 aliphatic heterocycles. The largest absolute Gasteiger partial charge is 0.465 e. The van der Waals surface area contributed by atoms with Gasteiger partial charge in [-0.25, -0.2) is 9.47 Å². The Balaban J connectivity index is 1.64. The number of nitrogens with one attached hydrogen (secondary N) is 1. The Kier molecular flexibility index (Phi) is 7.03. The van der Waals surface area contributed by atoms with E-state index in [9.17, 15) is 18.4 Å². The van der Waals surface area contributed by atoms with Crippen molar-refractivity contribution in [3.8, 4) is 17.1 Å². The van der Waals surface area contributed by atoms with Crippen molar-refractivity contribution in [2.24, 2.45) is 0 Å². The second kappa shape index (κ2) is 9.89. The summed E-state index contributed by atoms with van der Waals surface area (Å²) in [4.78, 5) is 24.1. The fourth-order valence-electron chi connectivity index (χ4n) is 2.55. The van der Waals surface area contributed by atoms with Gasteiger partial charge in [0.15, 0.2) is 5.82 Å². The van der Waals surface area contributed by atoms with Gasteiger partial charge in [0.2, 0.25) is 11.1 Å². The highest BCUT2D eigenvalue weighted by Gasteiger charge is 2.16. The van der Waals surface area contributed by atoms with E-state index in [2.05, 4.69) is 20.3 Å². The predicted molar refractivity (Wildman–Crippen MR) is 109 cm³/mol. The Hall–Kier alpha value is -3.67. The van der Waals surface area contributed by atoms with E-state index < -0.39 is 12.6 Å². The summed E-state index contributed by atoms with van der Waals surface area (Å²) in [5.41, 5.74) is 1.08. The van der Waals surface area contributed by atoms with Crippen LogP contribution in [-0.4, -0.2) is 46.2 Å². The number of carbonyl (C=O) groups excluding carboxylic acids is 2. The number of amides is 1. The maximum Gasteiger partial charge on any atom is 0.387 e. The number of methoxy groups -OCH3 is 1. The zero-order valence-corrected chi connectivity index (χ0v) is 16.9. The van der Waals surface area contributed by atoms with E-state index >= 15 is 0 Å². The van der Waals surface area contributed by atoms with Crippen LogP contribution in [0, 0.1) is 0 Å². The van der Waals surface area contributed by atoms with Gasteiger partial charge in [-0.05, 0) is 36.4 Å². The van der Waals surface area contributed by atoms with Crippen molar-refractivity contribution in [1.82, 2.24) is 14.9 Å². The van der Waals surface area contributed by atoms with Crippen LogP contribution in [0.4, 0.5) is 14.5 Å². The molecule has 9 nitrogen and oxygen atoms in total. The maximum absolute atomic E-state index is 12.3. The summed E-state index contributed by atoms with van der Waals surface area (Å²) in [6, 6.07) is 12.2. The highest BCUT2D eigenvalue weighted by atomic mass is 32.2. The number of para-hydroxylation sites is 1. The van der Waals surface area contributed by atoms with E-state index in [0.717, 1.165) is 11.8 Å². The second-order valence-electron chi connectivity index (χ2n) is 5.95. The van der Waals surface area contributed by atoms with Crippen LogP contribution in [0.5, 0.6) is 5.75 Å². The number of thioether (sulfide) groups is 1. The van der Waals surface area contributed by atoms with Gasteiger partial charge in [0.05, 0.1) is 24.1 Å². The third kappa shape index (κ3) is 5.48. The number of esters is 1. The Morgan fingerprint density at radius 1 is 1.16 bits per heavy atom. The van der Waals surface area contributed by atoms with Gasteiger partial charge in [-0.2, -0.15) is 8.78 Å². The second-order valence-corrected chi connectivity index (χ2v) is 6.90. The topological polar surface area (TPSA) is 121 Å². The van der Waals surface area contributed by atoms with E-state index in [1.54, 1.807) is 18.2 Å². The third-order valence-electron chi connectivity index (χ3n) is 3.94. The number of ether oxygens (including phenoxy) is 2. The average molecular weight is 449 g/mol. The van der Waals surface area contributed by atoms with Gasteiger partial charge in [-0.15, -0.1) is 10.2 Å². The molecule has 0 aliphatic carbocycles. The number of halogens is 2. The van der Waals surface area contributed by atoms with E-state index in [1.807, 2.05) is 0 Å². The first-order valence-electron chi connectivity index (χ1n) is 8.74. The molecule has 0 unspecified atom stereocenters. The number of hydrogen-bond acceptors (Lipinski definition) is 8. The standard InChI is InChI=1S/C19H17F2N5O4S/c1-29-17(28)13-4-2-3-5-14(13)23-15(27)10-31-19-25-24-16(26(19)22)11-6-8-12(9-7-11)30-18(20)21/h2-9,18H,10,22H2,1H3,(H,23,27). The maximum atomic E-state index is 12.3. The fraction of sp³-hybridized carbons (Fsp3) is 0.158. The van der Waals surface area contributed by atoms with Crippen molar-refractivity contribution in [1.29, 1.82) is 0 Å². The van der Waals surface area contributed by atoms with Crippen LogP contribution >= 0.6 is 11.8 Å². The van der Waals surface area contributed by atoms with E-state index in [-0.39, 0.29) is 34.0 Å². The van der Waals surface area contributed by atoms with Crippen molar-refractivity contribution in [3.63, 3.8) is 0 Å². The van der Waals surface area contributed by atoms with Crippen LogP contribution in [0.1, 0.15) is 10.4 Å². The van der Waals surface area contributed by atoms with Gasteiger partial charge in [0.1, 0.15) is 5.75 Å². The van der Waals surface area contributed by atoms with Gasteiger partial charge in [0.25, 0.3) is 0 Å². The summed E-state index contributed by atoms with van der Waals surface area (Å²) in [6.45, 7) is -2.92. The summed E-state index contributed by atoms with van der Waals surface area (Å²) >= 11 is 1.03. The van der Waals surface area contributed by atoms with Gasteiger partial charge >= 0.3 is 12.6 Å². The molecule has 1 amide bonds. The third-order valence-corrected chi connectivity index (χ3v) is 4.88. The predicted octanol–water partition coefficient (Wildman–Crippen LogP) is 2.78. The molecule has 0 bridgehead atoms. The SMILES string of the molecule is COC(=O)c1ccccc1NC(=O)CSc1nnc(-c2ccc(OC(F)F)cc2)n1N. The molecule has 3 N–H and O–H groups in total. The minimum absolute atomic E-state index is 0.000317. The van der Waals surface area contributed by atoms with Crippen LogP contribution in [0.15, 0.2) is 53.7 Å². The number of anilines is 1. The molecule has 2 aromatic carbocycles. The number of nitrogens with two attached hydrogens (primary N) is 1. The first kappa shape index (κ1) is 22.0. The van der Waals surface area contributed by atoms with Crippen LogP contribution in [0.2, 0.25) is 0 Å². The number of carbonyl (C=O) groups is 2. The quantitative estimate of drug-likeness (QED) is 0.306. The Labute approximate surface area is 179 Å². The number of nitrogens with zero attached hydrogens (tertiary/aromatic N) is 3. The first-order valence-corrected chi connectivity index (χ1v) is 9.73. The van der Waals surface area contributed by atoms with Gasteiger partial charge in [-0.1, -0.05) is 23.9 Å². The molecule has 0 aliphatic rings. The lowest BCUT2D eigenvalue weighted by Gasteiger charge is -2.09. The summed E-state index contributed by atoms with van der Waals surface area (Å²) in [7, 11) is 1.25. The molecule has 1 aromatic heterocycles. The lowest BCUT2D eigenvalue weighted by Crippen LogP contribution is -2.18. The summed E-state index contributed by atoms with van der Waals surface area (Å²) in [5, 5.41) is 10.8. The van der Waals surface area contributed by atoms with Crippen molar-refractivity contribution in [3.05, 3.63) is 54.1 Å². The highest BCUT2D eigenvalue weighted by molar-refractivity contribution is 7.99. The molecule has 0 fully saturated rings. The molecular weight excluding hydrogens is 432 g/mol. The van der Waals surface area contributed by atoms with Crippen LogP contribution in [-0.2, 0) is 9.53 Å². The number of alkyl halides is 2. The molecule has 3 aromatic rings.